The van der Waals surface area contributed by atoms with Crippen molar-refractivity contribution in [3.8, 4) is 0 Å². The van der Waals surface area contributed by atoms with Crippen LogP contribution in [0.3, 0.4) is 0 Å². The summed E-state index contributed by atoms with van der Waals surface area (Å²) in [6, 6.07) is 4.71. The zero-order chi connectivity index (χ0) is 12.6. The maximum absolute atomic E-state index is 11.7. The summed E-state index contributed by atoms with van der Waals surface area (Å²) in [7, 11) is 0. The fourth-order valence-electron chi connectivity index (χ4n) is 1.87. The van der Waals surface area contributed by atoms with Crippen LogP contribution in [-0.4, -0.2) is 22.6 Å². The quantitative estimate of drug-likeness (QED) is 0.841. The molecule has 17 heavy (non-hydrogen) atoms. The molecule has 4 nitrogen and oxygen atoms in total. The molecule has 1 aliphatic carbocycles. The SMILES string of the molecule is CC(C(=O)O)c1cccc2c1C(=O)C=CC2=O. The maximum Gasteiger partial charge on any atom is 0.310 e. The van der Waals surface area contributed by atoms with Gasteiger partial charge in [-0.1, -0.05) is 18.2 Å². The van der Waals surface area contributed by atoms with E-state index in [0.29, 0.717) is 5.56 Å². The molecule has 0 saturated heterocycles. The van der Waals surface area contributed by atoms with Gasteiger partial charge in [-0.05, 0) is 24.6 Å². The normalized spacial score (nSPS) is 15.6. The lowest BCUT2D eigenvalue weighted by atomic mass is 9.86. The number of carboxylic acids is 1. The summed E-state index contributed by atoms with van der Waals surface area (Å²) in [6.07, 6.45) is 2.39. The second kappa shape index (κ2) is 3.97. The van der Waals surface area contributed by atoms with Crippen LogP contribution in [0.4, 0.5) is 0 Å². The Kier molecular flexibility index (Phi) is 2.63. The van der Waals surface area contributed by atoms with Gasteiger partial charge in [0.15, 0.2) is 11.6 Å². The minimum Gasteiger partial charge on any atom is -0.481 e. The van der Waals surface area contributed by atoms with E-state index < -0.39 is 11.9 Å². The maximum atomic E-state index is 11.7. The first-order valence-electron chi connectivity index (χ1n) is 5.15. The number of fused-ring (bicyclic) bond motifs is 1. The molecule has 0 spiro atoms. The third-order valence-electron chi connectivity index (χ3n) is 2.83. The van der Waals surface area contributed by atoms with Crippen molar-refractivity contribution < 1.29 is 19.5 Å². The number of benzene rings is 1. The van der Waals surface area contributed by atoms with Gasteiger partial charge >= 0.3 is 5.97 Å². The second-order valence-electron chi connectivity index (χ2n) is 3.89. The molecule has 0 bridgehead atoms. The summed E-state index contributed by atoms with van der Waals surface area (Å²) in [5, 5.41) is 8.97. The number of carboxylic acid groups (broad SMARTS) is 1. The average molecular weight is 230 g/mol. The molecule has 0 aromatic heterocycles. The van der Waals surface area contributed by atoms with E-state index in [4.69, 9.17) is 5.11 Å². The van der Waals surface area contributed by atoms with Gasteiger partial charge in [-0.25, -0.2) is 0 Å². The van der Waals surface area contributed by atoms with Crippen LogP contribution >= 0.6 is 0 Å². The first-order valence-corrected chi connectivity index (χ1v) is 5.15. The van der Waals surface area contributed by atoms with Crippen molar-refractivity contribution in [1.82, 2.24) is 0 Å². The highest BCUT2D eigenvalue weighted by atomic mass is 16.4. The number of ketones is 2. The number of rotatable bonds is 2. The van der Waals surface area contributed by atoms with Crippen molar-refractivity contribution in [2.75, 3.05) is 0 Å². The molecule has 0 fully saturated rings. The van der Waals surface area contributed by atoms with Crippen molar-refractivity contribution >= 4 is 17.5 Å². The molecule has 0 radical (unpaired) electrons. The van der Waals surface area contributed by atoms with E-state index in [1.807, 2.05) is 0 Å². The summed E-state index contributed by atoms with van der Waals surface area (Å²) < 4.78 is 0. The van der Waals surface area contributed by atoms with Gasteiger partial charge in [-0.3, -0.25) is 14.4 Å². The van der Waals surface area contributed by atoms with E-state index in [0.717, 1.165) is 0 Å². The van der Waals surface area contributed by atoms with Crippen LogP contribution in [-0.2, 0) is 4.79 Å². The number of allylic oxidation sites excluding steroid dienone is 2. The number of hydrogen-bond acceptors (Lipinski definition) is 3. The van der Waals surface area contributed by atoms with Crippen molar-refractivity contribution in [2.24, 2.45) is 0 Å². The number of hydrogen-bond donors (Lipinski definition) is 1. The standard InChI is InChI=1S/C13H10O4/c1-7(13(16)17)8-3-2-4-9-10(14)5-6-11(15)12(8)9/h2-7H,1H3,(H,16,17). The van der Waals surface area contributed by atoms with Crippen LogP contribution in [0.1, 0.15) is 39.1 Å². The van der Waals surface area contributed by atoms with Crippen LogP contribution in [0, 0.1) is 0 Å². The minimum atomic E-state index is -1.02. The Bertz CT molecular complexity index is 555. The predicted octanol–water partition coefficient (Wildman–Crippen LogP) is 1.81. The van der Waals surface area contributed by atoms with Gasteiger partial charge in [-0.2, -0.15) is 0 Å². The molecular weight excluding hydrogens is 220 g/mol. The fourth-order valence-corrected chi connectivity index (χ4v) is 1.87. The van der Waals surface area contributed by atoms with Crippen LogP contribution in [0.2, 0.25) is 0 Å². The number of carbonyl (C=O) groups excluding carboxylic acids is 2. The first-order chi connectivity index (χ1) is 8.02. The largest absolute Gasteiger partial charge is 0.481 e. The molecule has 1 N–H and O–H groups in total. The molecule has 0 amide bonds. The van der Waals surface area contributed by atoms with Crippen molar-refractivity contribution in [3.05, 3.63) is 47.0 Å². The van der Waals surface area contributed by atoms with Crippen LogP contribution < -0.4 is 0 Å². The highest BCUT2D eigenvalue weighted by Gasteiger charge is 2.26. The van der Waals surface area contributed by atoms with Crippen molar-refractivity contribution in [2.45, 2.75) is 12.8 Å². The fraction of sp³-hybridized carbons (Fsp3) is 0.154. The van der Waals surface area contributed by atoms with Crippen LogP contribution in [0.15, 0.2) is 30.4 Å². The Labute approximate surface area is 97.6 Å². The first kappa shape index (κ1) is 11.3. The van der Waals surface area contributed by atoms with Crippen molar-refractivity contribution in [3.63, 3.8) is 0 Å². The van der Waals surface area contributed by atoms with E-state index >= 15 is 0 Å². The summed E-state index contributed by atoms with van der Waals surface area (Å²) in [5.41, 5.74) is 0.885. The molecular formula is C13H10O4. The van der Waals surface area contributed by atoms with Gasteiger partial charge in [0, 0.05) is 11.1 Å². The zero-order valence-corrected chi connectivity index (χ0v) is 9.14. The van der Waals surface area contributed by atoms with Crippen molar-refractivity contribution in [1.29, 1.82) is 0 Å². The predicted molar refractivity (Wildman–Crippen MR) is 60.3 cm³/mol. The molecule has 2 rings (SSSR count). The average Bonchev–Trinajstić information content (AvgIpc) is 2.32. The molecule has 1 unspecified atom stereocenters. The van der Waals surface area contributed by atoms with Gasteiger partial charge in [0.1, 0.15) is 0 Å². The van der Waals surface area contributed by atoms with Gasteiger partial charge in [0.25, 0.3) is 0 Å². The summed E-state index contributed by atoms with van der Waals surface area (Å²) in [4.78, 5) is 34.3. The Balaban J connectivity index is 2.66. The third-order valence-corrected chi connectivity index (χ3v) is 2.83. The van der Waals surface area contributed by atoms with E-state index in [1.165, 1.54) is 25.1 Å². The molecule has 1 atom stereocenters. The third kappa shape index (κ3) is 1.78. The lowest BCUT2D eigenvalue weighted by Crippen LogP contribution is -2.18. The molecule has 86 valence electrons. The Morgan fingerprint density at radius 2 is 1.82 bits per heavy atom. The second-order valence-corrected chi connectivity index (χ2v) is 3.89. The molecule has 4 heteroatoms. The lowest BCUT2D eigenvalue weighted by molar-refractivity contribution is -0.138. The zero-order valence-electron chi connectivity index (χ0n) is 9.14. The van der Waals surface area contributed by atoms with E-state index in [2.05, 4.69) is 0 Å². The topological polar surface area (TPSA) is 71.4 Å². The molecule has 1 aromatic rings. The minimum absolute atomic E-state index is 0.218. The van der Waals surface area contributed by atoms with Gasteiger partial charge < -0.3 is 5.11 Å². The Hall–Kier alpha value is -2.23. The summed E-state index contributed by atoms with van der Waals surface area (Å²) in [6.45, 7) is 1.49. The van der Waals surface area contributed by atoms with E-state index in [-0.39, 0.29) is 22.7 Å². The van der Waals surface area contributed by atoms with Crippen LogP contribution in [0.5, 0.6) is 0 Å². The van der Waals surface area contributed by atoms with E-state index in [9.17, 15) is 14.4 Å². The molecule has 0 heterocycles. The Morgan fingerprint density at radius 3 is 2.47 bits per heavy atom. The number of aliphatic carboxylic acids is 1. The van der Waals surface area contributed by atoms with Gasteiger partial charge in [0.05, 0.1) is 5.92 Å². The molecule has 1 aromatic carbocycles. The molecule has 0 aliphatic heterocycles. The Morgan fingerprint density at radius 1 is 1.18 bits per heavy atom. The number of carbonyl (C=O) groups is 3. The highest BCUT2D eigenvalue weighted by molar-refractivity contribution is 6.22. The molecule has 1 aliphatic rings. The summed E-state index contributed by atoms with van der Waals surface area (Å²) >= 11 is 0. The summed E-state index contributed by atoms with van der Waals surface area (Å²) in [5.74, 6) is -2.41. The monoisotopic (exact) mass is 230 g/mol. The molecule has 0 saturated carbocycles. The lowest BCUT2D eigenvalue weighted by Gasteiger charge is -2.16. The van der Waals surface area contributed by atoms with Gasteiger partial charge in [-0.15, -0.1) is 0 Å². The van der Waals surface area contributed by atoms with Gasteiger partial charge in [0.2, 0.25) is 0 Å². The smallest absolute Gasteiger partial charge is 0.310 e. The van der Waals surface area contributed by atoms with E-state index in [1.54, 1.807) is 12.1 Å². The van der Waals surface area contributed by atoms with Crippen LogP contribution in [0.25, 0.3) is 0 Å². The highest BCUT2D eigenvalue weighted by Crippen LogP contribution is 2.26.